The minimum atomic E-state index is -3.08. The molecule has 2 rings (SSSR count). The molecule has 0 aromatic carbocycles. The minimum absolute atomic E-state index is 0.0216. The Morgan fingerprint density at radius 3 is 2.31 bits per heavy atom. The Morgan fingerprint density at radius 1 is 1.19 bits per heavy atom. The summed E-state index contributed by atoms with van der Waals surface area (Å²) in [6, 6.07) is -0.146. The monoisotopic (exact) mass is 267 g/mol. The maximum absolute atomic E-state index is 11.3. The lowest BCUT2D eigenvalue weighted by molar-refractivity contribution is 0.157. The van der Waals surface area contributed by atoms with Crippen LogP contribution < -0.4 is 5.32 Å². The number of sulfone groups is 1. The molecule has 0 aromatic heterocycles. The van der Waals surface area contributed by atoms with Crippen molar-refractivity contribution in [3.63, 3.8) is 0 Å². The summed E-state index contributed by atoms with van der Waals surface area (Å²) in [4.78, 5) is 0. The van der Waals surface area contributed by atoms with Crippen LogP contribution in [0.15, 0.2) is 0 Å². The number of hydrogen-bond donors (Lipinski definition) is 2. The predicted octanol–water partition coefficient (Wildman–Crippen LogP) is -1.35. The molecule has 0 amide bonds. The second kappa shape index (κ2) is 4.72. The zero-order chi connectivity index (χ0) is 11.8. The van der Waals surface area contributed by atoms with Gasteiger partial charge in [-0.25, -0.2) is 8.42 Å². The van der Waals surface area contributed by atoms with Gasteiger partial charge in [0.25, 0.3) is 0 Å². The summed E-state index contributed by atoms with van der Waals surface area (Å²) in [5.74, 6) is 1.23. The van der Waals surface area contributed by atoms with Gasteiger partial charge in [-0.1, -0.05) is 0 Å². The van der Waals surface area contributed by atoms with E-state index in [4.69, 9.17) is 0 Å². The van der Waals surface area contributed by atoms with Gasteiger partial charge in [-0.3, -0.25) is 4.21 Å². The van der Waals surface area contributed by atoms with E-state index in [1.807, 2.05) is 0 Å². The molecule has 7 heteroatoms. The Labute approximate surface area is 98.0 Å². The van der Waals surface area contributed by atoms with Crippen LogP contribution in [0.3, 0.4) is 0 Å². The molecule has 2 aliphatic rings. The van der Waals surface area contributed by atoms with Gasteiger partial charge in [-0.05, 0) is 12.8 Å². The van der Waals surface area contributed by atoms with E-state index < -0.39 is 26.7 Å². The van der Waals surface area contributed by atoms with E-state index in [2.05, 4.69) is 5.32 Å². The molecule has 2 aliphatic heterocycles. The topological polar surface area (TPSA) is 83.5 Å². The summed E-state index contributed by atoms with van der Waals surface area (Å²) >= 11 is 0. The first-order valence-electron chi connectivity index (χ1n) is 5.46. The number of aliphatic hydroxyl groups is 1. The molecule has 2 fully saturated rings. The summed E-state index contributed by atoms with van der Waals surface area (Å²) in [6.45, 7) is 0. The van der Waals surface area contributed by atoms with E-state index in [-0.39, 0.29) is 23.6 Å². The Hall–Kier alpha value is 0.0200. The van der Waals surface area contributed by atoms with Crippen molar-refractivity contribution in [3.8, 4) is 0 Å². The Morgan fingerprint density at radius 2 is 1.81 bits per heavy atom. The van der Waals surface area contributed by atoms with Crippen LogP contribution in [-0.4, -0.2) is 58.9 Å². The highest BCUT2D eigenvalue weighted by Gasteiger charge is 2.37. The van der Waals surface area contributed by atoms with Crippen LogP contribution in [0.4, 0.5) is 0 Å². The fraction of sp³-hybridized carbons (Fsp3) is 1.00. The highest BCUT2D eigenvalue weighted by molar-refractivity contribution is 7.91. The molecule has 0 radical (unpaired) electrons. The molecule has 0 aliphatic carbocycles. The Kier molecular flexibility index (Phi) is 3.68. The molecular weight excluding hydrogens is 250 g/mol. The lowest BCUT2D eigenvalue weighted by Crippen LogP contribution is -2.47. The van der Waals surface area contributed by atoms with Crippen LogP contribution >= 0.6 is 0 Å². The summed E-state index contributed by atoms with van der Waals surface area (Å²) in [6.07, 6.45) is 0.809. The zero-order valence-corrected chi connectivity index (χ0v) is 10.6. The maximum Gasteiger partial charge on any atom is 0.154 e. The lowest BCUT2D eigenvalue weighted by Gasteiger charge is -2.26. The normalized spacial score (nSPS) is 43.3. The lowest BCUT2D eigenvalue weighted by atomic mass is 10.1. The first-order chi connectivity index (χ1) is 7.46. The van der Waals surface area contributed by atoms with Crippen LogP contribution in [0.5, 0.6) is 0 Å². The number of hydrogen-bond acceptors (Lipinski definition) is 5. The molecule has 2 atom stereocenters. The van der Waals surface area contributed by atoms with E-state index >= 15 is 0 Å². The van der Waals surface area contributed by atoms with Gasteiger partial charge >= 0.3 is 0 Å². The third-order valence-corrected chi connectivity index (χ3v) is 6.26. The molecule has 0 spiro atoms. The highest BCUT2D eigenvalue weighted by atomic mass is 32.2. The van der Waals surface area contributed by atoms with Crippen molar-refractivity contribution < 1.29 is 17.7 Å². The number of nitrogens with one attached hydrogen (secondary N) is 1. The first-order valence-corrected chi connectivity index (χ1v) is 8.77. The zero-order valence-electron chi connectivity index (χ0n) is 8.96. The molecule has 0 saturated carbocycles. The smallest absolute Gasteiger partial charge is 0.154 e. The van der Waals surface area contributed by atoms with Crippen LogP contribution in [0.1, 0.15) is 12.8 Å². The average Bonchev–Trinajstić information content (AvgIpc) is 2.44. The largest absolute Gasteiger partial charge is 0.390 e. The van der Waals surface area contributed by atoms with Gasteiger partial charge in [-0.2, -0.15) is 0 Å². The first kappa shape index (κ1) is 12.5. The maximum atomic E-state index is 11.3. The molecule has 0 aromatic rings. The standard InChI is InChI=1S/C9H17NO4S2/c11-9-6-16(13,14)5-8(9)10-7-1-3-15(12)4-2-7/h7-11H,1-6H2. The van der Waals surface area contributed by atoms with Gasteiger partial charge in [0, 0.05) is 34.4 Å². The van der Waals surface area contributed by atoms with Crippen molar-refractivity contribution >= 4 is 20.6 Å². The quantitative estimate of drug-likeness (QED) is 0.646. The molecule has 16 heavy (non-hydrogen) atoms. The van der Waals surface area contributed by atoms with Crippen LogP contribution in [0.25, 0.3) is 0 Å². The van der Waals surface area contributed by atoms with Crippen LogP contribution in [-0.2, 0) is 20.6 Å². The molecule has 5 nitrogen and oxygen atoms in total. The van der Waals surface area contributed by atoms with E-state index in [9.17, 15) is 17.7 Å². The summed E-state index contributed by atoms with van der Waals surface area (Å²) in [5, 5.41) is 12.8. The average molecular weight is 267 g/mol. The number of rotatable bonds is 2. The fourth-order valence-electron chi connectivity index (χ4n) is 2.25. The third-order valence-electron chi connectivity index (χ3n) is 3.16. The van der Waals surface area contributed by atoms with E-state index in [1.165, 1.54) is 0 Å². The molecule has 2 saturated heterocycles. The Balaban J connectivity index is 1.88. The van der Waals surface area contributed by atoms with Gasteiger partial charge in [0.05, 0.1) is 17.6 Å². The van der Waals surface area contributed by atoms with Crippen LogP contribution in [0.2, 0.25) is 0 Å². The second-order valence-corrected chi connectivity index (χ2v) is 8.39. The van der Waals surface area contributed by atoms with Crippen molar-refractivity contribution in [2.45, 2.75) is 31.0 Å². The summed E-state index contributed by atoms with van der Waals surface area (Å²) in [5.41, 5.74) is 0. The van der Waals surface area contributed by atoms with E-state index in [1.54, 1.807) is 0 Å². The van der Waals surface area contributed by atoms with Gasteiger partial charge < -0.3 is 10.4 Å². The minimum Gasteiger partial charge on any atom is -0.390 e. The van der Waals surface area contributed by atoms with Crippen molar-refractivity contribution in [2.75, 3.05) is 23.0 Å². The molecule has 2 heterocycles. The SMILES string of the molecule is O=S1CCC(NC2CS(=O)(=O)CC2O)CC1. The molecule has 94 valence electrons. The van der Waals surface area contributed by atoms with Crippen LogP contribution in [0, 0.1) is 0 Å². The number of aliphatic hydroxyl groups excluding tert-OH is 1. The highest BCUT2D eigenvalue weighted by Crippen LogP contribution is 2.16. The van der Waals surface area contributed by atoms with Gasteiger partial charge in [0.1, 0.15) is 0 Å². The van der Waals surface area contributed by atoms with Crippen molar-refractivity contribution in [1.29, 1.82) is 0 Å². The van der Waals surface area contributed by atoms with Crippen molar-refractivity contribution in [2.24, 2.45) is 0 Å². The predicted molar refractivity (Wildman–Crippen MR) is 62.5 cm³/mol. The summed E-state index contributed by atoms with van der Waals surface area (Å²) in [7, 11) is -3.79. The van der Waals surface area contributed by atoms with Crippen molar-refractivity contribution in [3.05, 3.63) is 0 Å². The van der Waals surface area contributed by atoms with E-state index in [0.29, 0.717) is 11.5 Å². The summed E-state index contributed by atoms with van der Waals surface area (Å²) < 4.78 is 33.7. The van der Waals surface area contributed by atoms with Gasteiger partial charge in [0.15, 0.2) is 9.84 Å². The van der Waals surface area contributed by atoms with Crippen molar-refractivity contribution in [1.82, 2.24) is 5.32 Å². The van der Waals surface area contributed by atoms with Gasteiger partial charge in [0.2, 0.25) is 0 Å². The van der Waals surface area contributed by atoms with Gasteiger partial charge in [-0.15, -0.1) is 0 Å². The molecular formula is C9H17NO4S2. The molecule has 2 N–H and O–H groups in total. The molecule has 0 bridgehead atoms. The molecule has 2 unspecified atom stereocenters. The third kappa shape index (κ3) is 3.03. The van der Waals surface area contributed by atoms with E-state index in [0.717, 1.165) is 12.8 Å². The fourth-order valence-corrected chi connectivity index (χ4v) is 5.30. The second-order valence-electron chi connectivity index (χ2n) is 4.54. The Bertz CT molecular complexity index is 371.